The van der Waals surface area contributed by atoms with Crippen LogP contribution in [0.15, 0.2) is 0 Å². The van der Waals surface area contributed by atoms with Crippen LogP contribution < -0.4 is 5.32 Å². The zero-order valence-electron chi connectivity index (χ0n) is 8.37. The summed E-state index contributed by atoms with van der Waals surface area (Å²) in [6, 6.07) is -0.647. The number of likely N-dealkylation sites (tertiary alicyclic amines) is 1. The fourth-order valence-corrected chi connectivity index (χ4v) is 1.36. The van der Waals surface area contributed by atoms with Crippen molar-refractivity contribution in [3.05, 3.63) is 0 Å². The van der Waals surface area contributed by atoms with Crippen molar-refractivity contribution in [1.82, 2.24) is 10.2 Å². The van der Waals surface area contributed by atoms with Crippen LogP contribution in [0.25, 0.3) is 0 Å². The number of carbonyl (C=O) groups is 3. The Bertz CT molecular complexity index is 275. The zero-order valence-corrected chi connectivity index (χ0v) is 8.37. The second kappa shape index (κ2) is 4.21. The Kier molecular flexibility index (Phi) is 3.22. The van der Waals surface area contributed by atoms with E-state index in [0.717, 1.165) is 11.3 Å². The number of nitrogens with one attached hydrogen (secondary N) is 1. The Balaban J connectivity index is 2.51. The summed E-state index contributed by atoms with van der Waals surface area (Å²) in [7, 11) is 1.43. The van der Waals surface area contributed by atoms with Crippen LogP contribution in [0.4, 0.5) is 0 Å². The molecule has 1 fully saturated rings. The van der Waals surface area contributed by atoms with Gasteiger partial charge in [-0.1, -0.05) is 6.92 Å². The molecule has 0 radical (unpaired) electrons. The van der Waals surface area contributed by atoms with Crippen molar-refractivity contribution in [2.45, 2.75) is 32.2 Å². The summed E-state index contributed by atoms with van der Waals surface area (Å²) < 4.78 is 0. The highest BCUT2D eigenvalue weighted by Gasteiger charge is 2.36. The van der Waals surface area contributed by atoms with E-state index in [2.05, 4.69) is 5.32 Å². The second-order valence-electron chi connectivity index (χ2n) is 3.37. The lowest BCUT2D eigenvalue weighted by molar-refractivity contribution is -0.138. The molecule has 3 amide bonds. The fraction of sp³-hybridized carbons (Fsp3) is 0.667. The van der Waals surface area contributed by atoms with Gasteiger partial charge in [-0.15, -0.1) is 0 Å². The average molecular weight is 198 g/mol. The number of hydrogen-bond donors (Lipinski definition) is 1. The summed E-state index contributed by atoms with van der Waals surface area (Å²) in [4.78, 5) is 34.7. The maximum absolute atomic E-state index is 11.3. The van der Waals surface area contributed by atoms with Crippen LogP contribution in [0.1, 0.15) is 26.2 Å². The lowest BCUT2D eigenvalue weighted by Crippen LogP contribution is -2.40. The van der Waals surface area contributed by atoms with E-state index >= 15 is 0 Å². The normalized spacial score (nSPS) is 21.6. The maximum Gasteiger partial charge on any atom is 0.252 e. The van der Waals surface area contributed by atoms with Crippen LogP contribution in [0, 0.1) is 0 Å². The summed E-state index contributed by atoms with van der Waals surface area (Å²) in [5.74, 6) is -0.731. The molecule has 0 aromatic carbocycles. The third-order valence-electron chi connectivity index (χ3n) is 2.19. The van der Waals surface area contributed by atoms with Crippen LogP contribution in [0.5, 0.6) is 0 Å². The van der Waals surface area contributed by atoms with Crippen LogP contribution in [-0.4, -0.2) is 35.7 Å². The molecule has 1 saturated heterocycles. The minimum Gasteiger partial charge on any atom is -0.344 e. The van der Waals surface area contributed by atoms with Crippen LogP contribution in [0.2, 0.25) is 0 Å². The topological polar surface area (TPSA) is 66.5 Å². The monoisotopic (exact) mass is 198 g/mol. The quantitative estimate of drug-likeness (QED) is 0.631. The Morgan fingerprint density at radius 2 is 2.21 bits per heavy atom. The molecular weight excluding hydrogens is 184 g/mol. The minimum absolute atomic E-state index is 0.0881. The van der Waals surface area contributed by atoms with Gasteiger partial charge < -0.3 is 5.32 Å². The van der Waals surface area contributed by atoms with Gasteiger partial charge in [-0.3, -0.25) is 19.3 Å². The molecule has 5 nitrogen and oxygen atoms in total. The summed E-state index contributed by atoms with van der Waals surface area (Å²) in [5, 5.41) is 2.54. The molecule has 0 saturated carbocycles. The number of amides is 3. The Morgan fingerprint density at radius 3 is 2.64 bits per heavy atom. The summed E-state index contributed by atoms with van der Waals surface area (Å²) in [5.41, 5.74) is 0. The Hall–Kier alpha value is -1.39. The van der Waals surface area contributed by atoms with Crippen molar-refractivity contribution in [1.29, 1.82) is 0 Å². The highest BCUT2D eigenvalue weighted by molar-refractivity contribution is 6.06. The predicted molar refractivity (Wildman–Crippen MR) is 49.2 cm³/mol. The van der Waals surface area contributed by atoms with Crippen LogP contribution in [-0.2, 0) is 14.4 Å². The highest BCUT2D eigenvalue weighted by atomic mass is 16.2. The third kappa shape index (κ3) is 2.10. The van der Waals surface area contributed by atoms with Gasteiger partial charge in [0.1, 0.15) is 6.04 Å². The van der Waals surface area contributed by atoms with Gasteiger partial charge in [-0.25, -0.2) is 0 Å². The van der Waals surface area contributed by atoms with E-state index in [-0.39, 0.29) is 24.1 Å². The molecule has 0 aromatic heterocycles. The number of imide groups is 1. The first kappa shape index (κ1) is 10.7. The second-order valence-corrected chi connectivity index (χ2v) is 3.37. The Morgan fingerprint density at radius 1 is 1.57 bits per heavy atom. The summed E-state index contributed by atoms with van der Waals surface area (Å²) in [6.45, 7) is 1.88. The molecule has 1 atom stereocenters. The van der Waals surface area contributed by atoms with E-state index in [1.807, 2.05) is 6.92 Å². The molecule has 1 rings (SSSR count). The molecule has 1 unspecified atom stereocenters. The maximum atomic E-state index is 11.3. The molecule has 1 aliphatic rings. The van der Waals surface area contributed by atoms with Crippen LogP contribution >= 0.6 is 0 Å². The van der Waals surface area contributed by atoms with Crippen molar-refractivity contribution in [2.75, 3.05) is 7.05 Å². The van der Waals surface area contributed by atoms with Gasteiger partial charge in [0.15, 0.2) is 0 Å². The van der Waals surface area contributed by atoms with Gasteiger partial charge in [0, 0.05) is 13.5 Å². The van der Waals surface area contributed by atoms with E-state index in [9.17, 15) is 14.4 Å². The number of rotatable bonds is 3. The van der Waals surface area contributed by atoms with Gasteiger partial charge in [-0.2, -0.15) is 0 Å². The van der Waals surface area contributed by atoms with Gasteiger partial charge in [0.25, 0.3) is 5.91 Å². The van der Waals surface area contributed by atoms with E-state index in [4.69, 9.17) is 0 Å². The molecule has 1 aliphatic heterocycles. The van der Waals surface area contributed by atoms with E-state index in [0.29, 0.717) is 6.42 Å². The van der Waals surface area contributed by atoms with Crippen molar-refractivity contribution in [2.24, 2.45) is 0 Å². The van der Waals surface area contributed by atoms with Gasteiger partial charge in [-0.05, 0) is 6.42 Å². The van der Waals surface area contributed by atoms with Gasteiger partial charge in [0.2, 0.25) is 11.8 Å². The molecule has 0 spiro atoms. The number of likely N-dealkylation sites (N-methyl/N-ethyl adjacent to an activating group) is 1. The van der Waals surface area contributed by atoms with Gasteiger partial charge in [0.05, 0.1) is 6.42 Å². The largest absolute Gasteiger partial charge is 0.344 e. The molecule has 0 aliphatic carbocycles. The SMILES string of the molecule is CCCC(=O)NC1CC(=O)N(C)C1=O. The smallest absolute Gasteiger partial charge is 0.252 e. The molecule has 0 aromatic rings. The first-order valence-corrected chi connectivity index (χ1v) is 4.66. The molecule has 0 bridgehead atoms. The standard InChI is InChI=1S/C9H14N2O3/c1-3-4-7(12)10-6-5-8(13)11(2)9(6)14/h6H,3-5H2,1-2H3,(H,10,12). The van der Waals surface area contributed by atoms with Crippen molar-refractivity contribution < 1.29 is 14.4 Å². The first-order chi connectivity index (χ1) is 6.56. The zero-order chi connectivity index (χ0) is 10.7. The summed E-state index contributed by atoms with van der Waals surface area (Å²) in [6.07, 6.45) is 1.21. The summed E-state index contributed by atoms with van der Waals surface area (Å²) >= 11 is 0. The number of nitrogens with zero attached hydrogens (tertiary/aromatic N) is 1. The fourth-order valence-electron chi connectivity index (χ4n) is 1.36. The molecule has 14 heavy (non-hydrogen) atoms. The Labute approximate surface area is 82.4 Å². The lowest BCUT2D eigenvalue weighted by Gasteiger charge is -2.10. The van der Waals surface area contributed by atoms with Crippen LogP contribution in [0.3, 0.4) is 0 Å². The van der Waals surface area contributed by atoms with E-state index < -0.39 is 6.04 Å². The van der Waals surface area contributed by atoms with Crippen molar-refractivity contribution in [3.8, 4) is 0 Å². The lowest BCUT2D eigenvalue weighted by atomic mass is 10.2. The number of hydrogen-bond acceptors (Lipinski definition) is 3. The number of carbonyl (C=O) groups excluding carboxylic acids is 3. The van der Waals surface area contributed by atoms with Gasteiger partial charge >= 0.3 is 0 Å². The van der Waals surface area contributed by atoms with E-state index in [1.165, 1.54) is 7.05 Å². The average Bonchev–Trinajstić information content (AvgIpc) is 2.34. The third-order valence-corrected chi connectivity index (χ3v) is 2.19. The van der Waals surface area contributed by atoms with Crippen molar-refractivity contribution >= 4 is 17.7 Å². The molecule has 78 valence electrons. The highest BCUT2D eigenvalue weighted by Crippen LogP contribution is 2.10. The molecular formula is C9H14N2O3. The predicted octanol–water partition coefficient (Wildman–Crippen LogP) is -0.340. The minimum atomic E-state index is -0.647. The molecule has 1 N–H and O–H groups in total. The molecule has 1 heterocycles. The van der Waals surface area contributed by atoms with Crippen molar-refractivity contribution in [3.63, 3.8) is 0 Å². The first-order valence-electron chi connectivity index (χ1n) is 4.66. The molecule has 5 heteroatoms. The van der Waals surface area contributed by atoms with E-state index in [1.54, 1.807) is 0 Å².